The largest absolute Gasteiger partial charge is 0.316 e. The van der Waals surface area contributed by atoms with Crippen LogP contribution in [0.15, 0.2) is 23.1 Å². The molecule has 1 aromatic rings. The topological polar surface area (TPSA) is 58.2 Å². The summed E-state index contributed by atoms with van der Waals surface area (Å²) in [6.07, 6.45) is 1.90. The van der Waals surface area contributed by atoms with Crippen molar-refractivity contribution < 1.29 is 17.2 Å². The minimum absolute atomic E-state index is 0.181. The quantitative estimate of drug-likeness (QED) is 0.877. The van der Waals surface area contributed by atoms with Crippen molar-refractivity contribution in [3.8, 4) is 0 Å². The lowest BCUT2D eigenvalue weighted by Gasteiger charge is -2.22. The van der Waals surface area contributed by atoms with Gasteiger partial charge >= 0.3 is 0 Å². The van der Waals surface area contributed by atoms with E-state index in [2.05, 4.69) is 10.0 Å². The molecule has 106 valence electrons. The van der Waals surface area contributed by atoms with Gasteiger partial charge in [-0.1, -0.05) is 0 Å². The molecule has 1 aliphatic rings. The van der Waals surface area contributed by atoms with Gasteiger partial charge in [0.1, 0.15) is 16.5 Å². The fourth-order valence-electron chi connectivity index (χ4n) is 2.09. The molecule has 0 saturated carbocycles. The first-order valence-electron chi connectivity index (χ1n) is 6.14. The number of piperidine rings is 1. The Balaban J connectivity index is 2.07. The minimum atomic E-state index is -4.01. The Morgan fingerprint density at radius 1 is 1.37 bits per heavy atom. The Kier molecular flexibility index (Phi) is 4.49. The second-order valence-corrected chi connectivity index (χ2v) is 6.37. The summed E-state index contributed by atoms with van der Waals surface area (Å²) in [5.74, 6) is -1.54. The van der Waals surface area contributed by atoms with E-state index in [0.29, 0.717) is 6.07 Å². The van der Waals surface area contributed by atoms with E-state index in [4.69, 9.17) is 0 Å². The van der Waals surface area contributed by atoms with Crippen molar-refractivity contribution in [2.75, 3.05) is 19.6 Å². The van der Waals surface area contributed by atoms with Crippen LogP contribution >= 0.6 is 0 Å². The van der Waals surface area contributed by atoms with Gasteiger partial charge < -0.3 is 5.32 Å². The minimum Gasteiger partial charge on any atom is -0.316 e. The van der Waals surface area contributed by atoms with E-state index >= 15 is 0 Å². The lowest BCUT2D eigenvalue weighted by molar-refractivity contribution is 0.375. The molecule has 7 heteroatoms. The molecule has 1 unspecified atom stereocenters. The van der Waals surface area contributed by atoms with Crippen molar-refractivity contribution in [1.29, 1.82) is 0 Å². The fraction of sp³-hybridized carbons (Fsp3) is 0.500. The van der Waals surface area contributed by atoms with E-state index < -0.39 is 26.6 Å². The first-order valence-corrected chi connectivity index (χ1v) is 7.63. The third-order valence-electron chi connectivity index (χ3n) is 3.14. The molecule has 1 heterocycles. The van der Waals surface area contributed by atoms with E-state index in [1.165, 1.54) is 0 Å². The highest BCUT2D eigenvalue weighted by atomic mass is 32.2. The third kappa shape index (κ3) is 3.71. The number of benzene rings is 1. The van der Waals surface area contributed by atoms with Gasteiger partial charge in [-0.25, -0.2) is 21.9 Å². The first-order chi connectivity index (χ1) is 8.99. The summed E-state index contributed by atoms with van der Waals surface area (Å²) in [4.78, 5) is -0.642. The highest BCUT2D eigenvalue weighted by Gasteiger charge is 2.22. The third-order valence-corrected chi connectivity index (χ3v) is 4.58. The first kappa shape index (κ1) is 14.4. The maximum Gasteiger partial charge on any atom is 0.243 e. The molecule has 0 radical (unpaired) electrons. The number of sulfonamides is 1. The summed E-state index contributed by atoms with van der Waals surface area (Å²) in [7, 11) is -4.01. The number of hydrogen-bond donors (Lipinski definition) is 2. The number of rotatable bonds is 4. The molecule has 0 aromatic heterocycles. The zero-order valence-electron chi connectivity index (χ0n) is 10.3. The zero-order valence-corrected chi connectivity index (χ0v) is 11.1. The van der Waals surface area contributed by atoms with Gasteiger partial charge in [-0.15, -0.1) is 0 Å². The summed E-state index contributed by atoms with van der Waals surface area (Å²) in [5.41, 5.74) is 0. The summed E-state index contributed by atoms with van der Waals surface area (Å²) >= 11 is 0. The smallest absolute Gasteiger partial charge is 0.243 e. The molecule has 1 aliphatic heterocycles. The molecular weight excluding hydrogens is 274 g/mol. The highest BCUT2D eigenvalue weighted by molar-refractivity contribution is 7.89. The second kappa shape index (κ2) is 5.94. The van der Waals surface area contributed by atoms with E-state index in [-0.39, 0.29) is 12.5 Å². The average molecular weight is 290 g/mol. The van der Waals surface area contributed by atoms with Crippen molar-refractivity contribution in [2.24, 2.45) is 5.92 Å². The van der Waals surface area contributed by atoms with Crippen molar-refractivity contribution >= 4 is 10.0 Å². The van der Waals surface area contributed by atoms with Crippen molar-refractivity contribution in [1.82, 2.24) is 10.0 Å². The normalized spacial score (nSPS) is 20.4. The van der Waals surface area contributed by atoms with Crippen molar-refractivity contribution in [2.45, 2.75) is 17.7 Å². The molecule has 0 amide bonds. The van der Waals surface area contributed by atoms with Crippen molar-refractivity contribution in [3.05, 3.63) is 29.8 Å². The molecule has 2 rings (SSSR count). The summed E-state index contributed by atoms with van der Waals surface area (Å²) in [6.45, 7) is 1.89. The average Bonchev–Trinajstić information content (AvgIpc) is 2.40. The SMILES string of the molecule is O=S(=O)(NCC1CCCNC1)c1cc(F)ccc1F. The summed E-state index contributed by atoms with van der Waals surface area (Å²) in [6, 6.07) is 2.39. The molecule has 1 fully saturated rings. The molecule has 2 N–H and O–H groups in total. The fourth-order valence-corrected chi connectivity index (χ4v) is 3.29. The molecule has 1 atom stereocenters. The van der Waals surface area contributed by atoms with E-state index in [9.17, 15) is 17.2 Å². The Morgan fingerprint density at radius 3 is 2.84 bits per heavy atom. The Morgan fingerprint density at radius 2 is 2.16 bits per heavy atom. The predicted molar refractivity (Wildman–Crippen MR) is 67.1 cm³/mol. The van der Waals surface area contributed by atoms with Crippen LogP contribution in [0.1, 0.15) is 12.8 Å². The Labute approximate surface area is 111 Å². The maximum absolute atomic E-state index is 13.4. The van der Waals surface area contributed by atoms with Gasteiger partial charge in [-0.05, 0) is 50.0 Å². The van der Waals surface area contributed by atoms with Crippen LogP contribution in [0, 0.1) is 17.6 Å². The second-order valence-electron chi connectivity index (χ2n) is 4.64. The van der Waals surface area contributed by atoms with Gasteiger partial charge in [0.2, 0.25) is 10.0 Å². The van der Waals surface area contributed by atoms with Crippen LogP contribution in [-0.4, -0.2) is 28.1 Å². The van der Waals surface area contributed by atoms with Crippen molar-refractivity contribution in [3.63, 3.8) is 0 Å². The number of hydrogen-bond acceptors (Lipinski definition) is 3. The molecule has 0 spiro atoms. The van der Waals surface area contributed by atoms with E-state index in [1.807, 2.05) is 0 Å². The standard InChI is InChI=1S/C12H16F2N2O2S/c13-10-3-4-11(14)12(6-10)19(17,18)16-8-9-2-1-5-15-7-9/h3-4,6,9,15-16H,1-2,5,7-8H2. The van der Waals surface area contributed by atoms with Gasteiger partial charge in [0.05, 0.1) is 0 Å². The van der Waals surface area contributed by atoms with Crippen LogP contribution in [0.2, 0.25) is 0 Å². The Bertz CT molecular complexity index is 543. The summed E-state index contributed by atoms with van der Waals surface area (Å²) < 4.78 is 52.6. The van der Waals surface area contributed by atoms with Gasteiger partial charge in [0.25, 0.3) is 0 Å². The maximum atomic E-state index is 13.4. The molecule has 1 saturated heterocycles. The van der Waals surface area contributed by atoms with Gasteiger partial charge in [0, 0.05) is 6.54 Å². The number of nitrogens with one attached hydrogen (secondary N) is 2. The summed E-state index contributed by atoms with van der Waals surface area (Å²) in [5, 5.41) is 3.16. The Hall–Kier alpha value is -1.05. The van der Waals surface area contributed by atoms with Crippen LogP contribution in [0.5, 0.6) is 0 Å². The van der Waals surface area contributed by atoms with E-state index in [1.54, 1.807) is 0 Å². The lowest BCUT2D eigenvalue weighted by atomic mass is 10.0. The van der Waals surface area contributed by atoms with Crippen LogP contribution in [0.25, 0.3) is 0 Å². The molecular formula is C12H16F2N2O2S. The zero-order chi connectivity index (χ0) is 13.9. The highest BCUT2D eigenvalue weighted by Crippen LogP contribution is 2.16. The van der Waals surface area contributed by atoms with Crippen LogP contribution in [-0.2, 0) is 10.0 Å². The van der Waals surface area contributed by atoms with Crippen LogP contribution < -0.4 is 10.0 Å². The van der Waals surface area contributed by atoms with E-state index in [0.717, 1.165) is 38.1 Å². The molecule has 0 bridgehead atoms. The molecule has 4 nitrogen and oxygen atoms in total. The van der Waals surface area contributed by atoms with Gasteiger partial charge in [0.15, 0.2) is 0 Å². The predicted octanol–water partition coefficient (Wildman–Crippen LogP) is 1.24. The molecule has 19 heavy (non-hydrogen) atoms. The number of halogens is 2. The molecule has 1 aromatic carbocycles. The van der Waals surface area contributed by atoms with Crippen LogP contribution in [0.3, 0.4) is 0 Å². The monoisotopic (exact) mass is 290 g/mol. The van der Waals surface area contributed by atoms with Gasteiger partial charge in [-0.2, -0.15) is 0 Å². The molecule has 0 aliphatic carbocycles. The lowest BCUT2D eigenvalue weighted by Crippen LogP contribution is -2.38. The van der Waals surface area contributed by atoms with Gasteiger partial charge in [-0.3, -0.25) is 0 Å². The van der Waals surface area contributed by atoms with Crippen LogP contribution in [0.4, 0.5) is 8.78 Å².